The van der Waals surface area contributed by atoms with Gasteiger partial charge in [0.2, 0.25) is 11.8 Å². The molecule has 3 aliphatic rings. The SMILES string of the molecule is CO[C@H]1C[C@@H]2[C@@H]3C(=O)N(Cc4ccc(F)cc4)C(=O)[C@@H]3[C@H](c3ccc(C(=N)N)cc3)N2C1. The predicted molar refractivity (Wildman–Crippen MR) is 115 cm³/mol. The first-order valence-corrected chi connectivity index (χ1v) is 10.7. The topological polar surface area (TPSA) is 99.7 Å². The van der Waals surface area contributed by atoms with Crippen LogP contribution < -0.4 is 5.73 Å². The normalized spacial score (nSPS) is 29.4. The average Bonchev–Trinajstić information content (AvgIpc) is 3.40. The first-order chi connectivity index (χ1) is 15.4. The second-order valence-electron chi connectivity index (χ2n) is 8.78. The summed E-state index contributed by atoms with van der Waals surface area (Å²) in [5.41, 5.74) is 7.85. The molecule has 3 heterocycles. The first-order valence-electron chi connectivity index (χ1n) is 10.7. The van der Waals surface area contributed by atoms with Crippen molar-refractivity contribution >= 4 is 17.6 Å². The molecule has 3 saturated heterocycles. The lowest BCUT2D eigenvalue weighted by atomic mass is 9.84. The van der Waals surface area contributed by atoms with E-state index in [-0.39, 0.29) is 48.2 Å². The highest BCUT2D eigenvalue weighted by atomic mass is 19.1. The van der Waals surface area contributed by atoms with Gasteiger partial charge in [0.25, 0.3) is 0 Å². The highest BCUT2D eigenvalue weighted by Crippen LogP contribution is 2.53. The summed E-state index contributed by atoms with van der Waals surface area (Å²) in [7, 11) is 1.67. The first kappa shape index (κ1) is 20.8. The smallest absolute Gasteiger partial charge is 0.235 e. The molecular weight excluding hydrogens is 411 g/mol. The quantitative estimate of drug-likeness (QED) is 0.425. The molecule has 3 N–H and O–H groups in total. The maximum atomic E-state index is 13.5. The molecule has 2 aromatic carbocycles. The third-order valence-corrected chi connectivity index (χ3v) is 7.10. The molecule has 0 saturated carbocycles. The molecule has 3 aliphatic heterocycles. The monoisotopic (exact) mass is 436 g/mol. The van der Waals surface area contributed by atoms with E-state index in [1.807, 2.05) is 12.1 Å². The number of fused-ring (bicyclic) bond motifs is 3. The average molecular weight is 436 g/mol. The van der Waals surface area contributed by atoms with Crippen molar-refractivity contribution < 1.29 is 18.7 Å². The number of halogens is 1. The standard InChI is InChI=1S/C24H25FN4O3/c1-32-17-10-18-19-20(21(28(18)12-17)14-4-6-15(7-5-14)22(26)27)24(31)29(23(19)30)11-13-2-8-16(25)9-3-13/h2-9,17-21H,10-12H2,1H3,(H3,26,27)/t17-,18+,19-,20-,21-/m0/s1. The number of nitrogens with one attached hydrogen (secondary N) is 1. The number of nitrogens with zero attached hydrogens (tertiary/aromatic N) is 2. The fraction of sp³-hybridized carbons (Fsp3) is 0.375. The molecule has 0 aliphatic carbocycles. The molecule has 3 fully saturated rings. The Morgan fingerprint density at radius 2 is 1.75 bits per heavy atom. The number of carbonyl (C=O) groups is 2. The van der Waals surface area contributed by atoms with E-state index in [0.717, 1.165) is 5.56 Å². The molecule has 0 spiro atoms. The summed E-state index contributed by atoms with van der Waals surface area (Å²) in [4.78, 5) is 30.5. The third-order valence-electron chi connectivity index (χ3n) is 7.10. The maximum Gasteiger partial charge on any atom is 0.235 e. The van der Waals surface area contributed by atoms with Gasteiger partial charge in [0.15, 0.2) is 0 Å². The lowest BCUT2D eigenvalue weighted by Crippen LogP contribution is -2.39. The van der Waals surface area contributed by atoms with Gasteiger partial charge in [-0.05, 0) is 29.7 Å². The van der Waals surface area contributed by atoms with Crippen LogP contribution in [0.3, 0.4) is 0 Å². The minimum atomic E-state index is -0.478. The minimum Gasteiger partial charge on any atom is -0.384 e. The van der Waals surface area contributed by atoms with Crippen molar-refractivity contribution in [1.82, 2.24) is 9.80 Å². The Morgan fingerprint density at radius 1 is 1.09 bits per heavy atom. The van der Waals surface area contributed by atoms with Gasteiger partial charge in [0.05, 0.1) is 24.5 Å². The molecule has 5 atom stereocenters. The number of amides is 2. The third kappa shape index (κ3) is 3.22. The van der Waals surface area contributed by atoms with Crippen LogP contribution in [0.5, 0.6) is 0 Å². The van der Waals surface area contributed by atoms with Crippen molar-refractivity contribution in [2.75, 3.05) is 13.7 Å². The largest absolute Gasteiger partial charge is 0.384 e. The number of hydrogen-bond acceptors (Lipinski definition) is 5. The summed E-state index contributed by atoms with van der Waals surface area (Å²) in [5.74, 6) is -1.63. The Hall–Kier alpha value is -3.10. The van der Waals surface area contributed by atoms with Gasteiger partial charge in [0.1, 0.15) is 11.7 Å². The number of rotatable bonds is 5. The molecule has 2 aromatic rings. The number of carbonyl (C=O) groups excluding carboxylic acids is 2. The van der Waals surface area contributed by atoms with Crippen LogP contribution in [0.2, 0.25) is 0 Å². The fourth-order valence-electron chi connectivity index (χ4n) is 5.60. The van der Waals surface area contributed by atoms with Gasteiger partial charge < -0.3 is 10.5 Å². The predicted octanol–water partition coefficient (Wildman–Crippen LogP) is 2.06. The molecule has 2 amide bonds. The zero-order chi connectivity index (χ0) is 22.6. The van der Waals surface area contributed by atoms with Crippen molar-refractivity contribution in [1.29, 1.82) is 5.41 Å². The van der Waals surface area contributed by atoms with Crippen LogP contribution >= 0.6 is 0 Å². The summed E-state index contributed by atoms with van der Waals surface area (Å²) in [6.45, 7) is 0.799. The summed E-state index contributed by atoms with van der Waals surface area (Å²) < 4.78 is 18.9. The highest BCUT2D eigenvalue weighted by molar-refractivity contribution is 6.06. The van der Waals surface area contributed by atoms with E-state index >= 15 is 0 Å². The Kier molecular flexibility index (Phi) is 5.06. The minimum absolute atomic E-state index is 0.00833. The number of methoxy groups -OCH3 is 1. The summed E-state index contributed by atoms with van der Waals surface area (Å²) in [6, 6.07) is 12.9. The number of nitrogens with two attached hydrogens (primary N) is 1. The van der Waals surface area contributed by atoms with Gasteiger partial charge in [-0.3, -0.25) is 24.8 Å². The molecule has 5 rings (SSSR count). The van der Waals surface area contributed by atoms with Crippen LogP contribution in [0, 0.1) is 23.1 Å². The van der Waals surface area contributed by atoms with E-state index in [4.69, 9.17) is 15.9 Å². The van der Waals surface area contributed by atoms with Crippen LogP contribution in [0.15, 0.2) is 48.5 Å². The van der Waals surface area contributed by atoms with Crippen LogP contribution in [0.4, 0.5) is 4.39 Å². The molecule has 166 valence electrons. The molecule has 0 bridgehead atoms. The Morgan fingerprint density at radius 3 is 2.38 bits per heavy atom. The number of benzene rings is 2. The van der Waals surface area contributed by atoms with Crippen molar-refractivity contribution in [2.24, 2.45) is 17.6 Å². The number of amidine groups is 1. The molecule has 0 aromatic heterocycles. The van der Waals surface area contributed by atoms with E-state index in [1.165, 1.54) is 17.0 Å². The van der Waals surface area contributed by atoms with E-state index in [1.54, 1.807) is 31.4 Å². The van der Waals surface area contributed by atoms with E-state index in [0.29, 0.717) is 24.1 Å². The lowest BCUT2D eigenvalue weighted by molar-refractivity contribution is -0.142. The second kappa shape index (κ2) is 7.79. The number of hydrogen-bond donors (Lipinski definition) is 2. The number of imide groups is 1. The molecule has 0 unspecified atom stereocenters. The molecular formula is C24H25FN4O3. The van der Waals surface area contributed by atoms with E-state index < -0.39 is 11.8 Å². The van der Waals surface area contributed by atoms with Crippen LogP contribution in [-0.2, 0) is 20.9 Å². The maximum absolute atomic E-state index is 13.5. The Bertz CT molecular complexity index is 1070. The van der Waals surface area contributed by atoms with Crippen molar-refractivity contribution in [3.05, 3.63) is 71.0 Å². The Labute approximate surface area is 185 Å². The van der Waals surface area contributed by atoms with Crippen LogP contribution in [0.1, 0.15) is 29.2 Å². The fourth-order valence-corrected chi connectivity index (χ4v) is 5.60. The van der Waals surface area contributed by atoms with Gasteiger partial charge in [-0.25, -0.2) is 4.39 Å². The second-order valence-corrected chi connectivity index (χ2v) is 8.78. The summed E-state index contributed by atoms with van der Waals surface area (Å²) in [5, 5.41) is 7.63. The van der Waals surface area contributed by atoms with Gasteiger partial charge in [0, 0.05) is 31.3 Å². The molecule has 0 radical (unpaired) electrons. The zero-order valence-corrected chi connectivity index (χ0v) is 17.7. The number of nitrogen functional groups attached to an aromatic ring is 1. The number of ether oxygens (including phenoxy) is 1. The van der Waals surface area contributed by atoms with Gasteiger partial charge >= 0.3 is 0 Å². The van der Waals surface area contributed by atoms with Crippen molar-refractivity contribution in [3.63, 3.8) is 0 Å². The van der Waals surface area contributed by atoms with Gasteiger partial charge in [-0.2, -0.15) is 0 Å². The van der Waals surface area contributed by atoms with Gasteiger partial charge in [-0.1, -0.05) is 36.4 Å². The molecule has 32 heavy (non-hydrogen) atoms. The van der Waals surface area contributed by atoms with Crippen molar-refractivity contribution in [3.8, 4) is 0 Å². The Balaban J connectivity index is 1.49. The van der Waals surface area contributed by atoms with E-state index in [2.05, 4.69) is 4.90 Å². The highest BCUT2D eigenvalue weighted by Gasteiger charge is 2.64. The van der Waals surface area contributed by atoms with Crippen molar-refractivity contribution in [2.45, 2.75) is 31.2 Å². The van der Waals surface area contributed by atoms with Crippen LogP contribution in [0.25, 0.3) is 0 Å². The molecule has 7 nitrogen and oxygen atoms in total. The van der Waals surface area contributed by atoms with Crippen LogP contribution in [-0.4, -0.2) is 53.3 Å². The van der Waals surface area contributed by atoms with Gasteiger partial charge in [-0.15, -0.1) is 0 Å². The summed E-state index contributed by atoms with van der Waals surface area (Å²) in [6.07, 6.45) is 0.706. The zero-order valence-electron chi connectivity index (χ0n) is 17.7. The lowest BCUT2D eigenvalue weighted by Gasteiger charge is -2.29. The number of likely N-dealkylation sites (tertiary alicyclic amines) is 1. The van der Waals surface area contributed by atoms with E-state index in [9.17, 15) is 14.0 Å². The summed E-state index contributed by atoms with van der Waals surface area (Å²) >= 11 is 0. The molecule has 8 heteroatoms.